The van der Waals surface area contributed by atoms with E-state index < -0.39 is 7.82 Å². The van der Waals surface area contributed by atoms with Crippen LogP contribution in [0.3, 0.4) is 0 Å². The van der Waals surface area contributed by atoms with Gasteiger partial charge < -0.3 is 24.6 Å². The minimum absolute atomic E-state index is 0.0377. The van der Waals surface area contributed by atoms with E-state index in [9.17, 15) is 14.2 Å². The maximum Gasteiger partial charge on any atom is 0.474 e. The van der Waals surface area contributed by atoms with Crippen LogP contribution in [0.2, 0.25) is 0 Å². The number of phosphoric ester groups is 1. The molecule has 2 aliphatic rings. The van der Waals surface area contributed by atoms with Crippen LogP contribution in [-0.4, -0.2) is 156 Å². The molecule has 2 fully saturated rings. The van der Waals surface area contributed by atoms with Crippen molar-refractivity contribution in [2.24, 2.45) is 0 Å². The molecule has 0 unspecified atom stereocenters. The van der Waals surface area contributed by atoms with Gasteiger partial charge in [-0.1, -0.05) is 195 Å². The zero-order chi connectivity index (χ0) is 57.7. The van der Waals surface area contributed by atoms with Gasteiger partial charge in [0.05, 0.1) is 19.8 Å². The van der Waals surface area contributed by atoms with Crippen molar-refractivity contribution in [2.75, 3.05) is 112 Å². The summed E-state index contributed by atoms with van der Waals surface area (Å²) in [4.78, 5) is 36.1. The van der Waals surface area contributed by atoms with Gasteiger partial charge in [0.2, 0.25) is 0 Å². The van der Waals surface area contributed by atoms with Crippen LogP contribution in [-0.2, 0) is 37.2 Å². The Morgan fingerprint density at radius 1 is 0.412 bits per heavy atom. The molecule has 0 aromatic rings. The molecule has 0 aromatic carbocycles. The Hall–Kier alpha value is -1.15. The molecule has 13 nitrogen and oxygen atoms in total. The quantitative estimate of drug-likeness (QED) is 0.0354. The van der Waals surface area contributed by atoms with Gasteiger partial charge in [-0.3, -0.25) is 33.0 Å². The number of carbonyl (C=O) groups excluding carboxylic acids is 2. The molecule has 14 heteroatoms. The molecular weight excluding hydrogens is 1020 g/mol. The number of hydrogen-bond acceptors (Lipinski definition) is 13. The summed E-state index contributed by atoms with van der Waals surface area (Å²) in [6, 6.07) is 0. The number of nitrogens with one attached hydrogen (secondary N) is 1. The van der Waals surface area contributed by atoms with Crippen LogP contribution >= 0.6 is 7.82 Å². The average Bonchev–Trinajstić information content (AvgIpc) is 3.46. The third kappa shape index (κ3) is 45.2. The van der Waals surface area contributed by atoms with E-state index in [1.54, 1.807) is 0 Å². The van der Waals surface area contributed by atoms with Gasteiger partial charge in [0.15, 0.2) is 0 Å². The Labute approximate surface area is 494 Å². The molecule has 2 aliphatic heterocycles. The summed E-state index contributed by atoms with van der Waals surface area (Å²) in [5, 5.41) is 3.48. The zero-order valence-corrected chi connectivity index (χ0v) is 54.4. The fourth-order valence-corrected chi connectivity index (χ4v) is 12.5. The molecule has 474 valence electrons. The van der Waals surface area contributed by atoms with Crippen molar-refractivity contribution in [3.8, 4) is 0 Å². The zero-order valence-electron chi connectivity index (χ0n) is 53.5. The number of ether oxygens (including phenoxy) is 2. The lowest BCUT2D eigenvalue weighted by Crippen LogP contribution is -2.49. The second kappa shape index (κ2) is 54.5. The summed E-state index contributed by atoms with van der Waals surface area (Å²) < 4.78 is 44.7. The van der Waals surface area contributed by atoms with Gasteiger partial charge in [-0.05, 0) is 90.5 Å². The van der Waals surface area contributed by atoms with Crippen LogP contribution in [0, 0.1) is 0 Å². The van der Waals surface area contributed by atoms with E-state index in [0.29, 0.717) is 32.7 Å². The largest absolute Gasteiger partial charge is 0.474 e. The molecular formula is C66H132N5O8P. The Morgan fingerprint density at radius 2 is 0.738 bits per heavy atom. The van der Waals surface area contributed by atoms with Crippen LogP contribution in [0.4, 0.5) is 0 Å². The standard InChI is InChI=1S/C66H132N5O8P/c1-6-10-14-18-24-32-41-63(42-33-25-19-15-11-7-2)78-65(72)45-36-28-22-30-38-60-75-80(74,77-62-40-49-69(56-58-70-50-47-67-48-51-70)57-59-71-54-52-68(5)53-55-71)76-61-39-31-23-29-37-46-66(73)79-64(43-34-26-20-16-12-8-3)44-35-27-21-17-13-9-4/h63-64,67H,6-62H2,1-5H3. The molecule has 1 N–H and O–H groups in total. The highest BCUT2D eigenvalue weighted by atomic mass is 31.2. The summed E-state index contributed by atoms with van der Waals surface area (Å²) in [5.41, 5.74) is 0. The minimum Gasteiger partial charge on any atom is -0.462 e. The lowest BCUT2D eigenvalue weighted by Gasteiger charge is -2.35. The maximum atomic E-state index is 14.2. The molecule has 2 saturated heterocycles. The van der Waals surface area contributed by atoms with Crippen LogP contribution in [0.25, 0.3) is 0 Å². The van der Waals surface area contributed by atoms with E-state index in [1.807, 2.05) is 0 Å². The number of esters is 2. The number of likely N-dealkylation sites (N-methyl/N-ethyl adjacent to an activating group) is 1. The molecule has 80 heavy (non-hydrogen) atoms. The van der Waals surface area contributed by atoms with Crippen molar-refractivity contribution < 1.29 is 37.2 Å². The van der Waals surface area contributed by atoms with Gasteiger partial charge in [0.1, 0.15) is 12.2 Å². The highest BCUT2D eigenvalue weighted by molar-refractivity contribution is 7.48. The number of unbranched alkanes of at least 4 members (excludes halogenated alkanes) is 28. The predicted octanol–water partition coefficient (Wildman–Crippen LogP) is 16.5. The lowest BCUT2D eigenvalue weighted by atomic mass is 10.0. The van der Waals surface area contributed by atoms with Gasteiger partial charge in [-0.2, -0.15) is 0 Å². The highest BCUT2D eigenvalue weighted by Crippen LogP contribution is 2.50. The molecule has 0 spiro atoms. The predicted molar refractivity (Wildman–Crippen MR) is 337 cm³/mol. The Kier molecular flexibility index (Phi) is 51.1. The van der Waals surface area contributed by atoms with Crippen LogP contribution < -0.4 is 5.32 Å². The van der Waals surface area contributed by atoms with E-state index >= 15 is 0 Å². The van der Waals surface area contributed by atoms with Gasteiger partial charge in [0, 0.05) is 97.9 Å². The smallest absolute Gasteiger partial charge is 0.462 e. The van der Waals surface area contributed by atoms with Crippen LogP contribution in [0.5, 0.6) is 0 Å². The monoisotopic (exact) mass is 1150 g/mol. The third-order valence-electron chi connectivity index (χ3n) is 16.8. The van der Waals surface area contributed by atoms with E-state index in [2.05, 4.69) is 59.7 Å². The van der Waals surface area contributed by atoms with E-state index in [0.717, 1.165) is 207 Å². The van der Waals surface area contributed by atoms with Crippen molar-refractivity contribution in [1.82, 2.24) is 24.9 Å². The molecule has 0 radical (unpaired) electrons. The minimum atomic E-state index is -3.77. The van der Waals surface area contributed by atoms with Crippen LogP contribution in [0.1, 0.15) is 291 Å². The lowest BCUT2D eigenvalue weighted by molar-refractivity contribution is -0.151. The number of piperazine rings is 2. The van der Waals surface area contributed by atoms with E-state index in [4.69, 9.17) is 23.0 Å². The van der Waals surface area contributed by atoms with Crippen molar-refractivity contribution in [3.05, 3.63) is 0 Å². The number of hydrogen-bond donors (Lipinski definition) is 1. The molecule has 2 rings (SSSR count). The van der Waals surface area contributed by atoms with Crippen molar-refractivity contribution in [1.29, 1.82) is 0 Å². The van der Waals surface area contributed by atoms with E-state index in [-0.39, 0.29) is 24.1 Å². The van der Waals surface area contributed by atoms with Gasteiger partial charge in [-0.25, -0.2) is 4.57 Å². The van der Waals surface area contributed by atoms with Gasteiger partial charge in [0.25, 0.3) is 0 Å². The van der Waals surface area contributed by atoms with E-state index in [1.165, 1.54) is 128 Å². The average molecular weight is 1150 g/mol. The summed E-state index contributed by atoms with van der Waals surface area (Å²) in [6.45, 7) is 23.8. The fourth-order valence-electron chi connectivity index (χ4n) is 11.3. The van der Waals surface area contributed by atoms with Gasteiger partial charge >= 0.3 is 19.8 Å². The molecule has 2 heterocycles. The highest BCUT2D eigenvalue weighted by Gasteiger charge is 2.27. The first-order chi connectivity index (χ1) is 39.2. The normalized spacial score (nSPS) is 15.1. The first kappa shape index (κ1) is 74.9. The summed E-state index contributed by atoms with van der Waals surface area (Å²) >= 11 is 0. The Bertz CT molecular complexity index is 1320. The number of rotatable bonds is 59. The summed E-state index contributed by atoms with van der Waals surface area (Å²) in [7, 11) is -1.56. The van der Waals surface area contributed by atoms with Crippen molar-refractivity contribution in [3.63, 3.8) is 0 Å². The molecule has 0 atom stereocenters. The third-order valence-corrected chi connectivity index (χ3v) is 18.3. The fraction of sp³-hybridized carbons (Fsp3) is 0.970. The molecule has 0 aromatic heterocycles. The molecule has 0 saturated carbocycles. The maximum absolute atomic E-state index is 14.2. The Balaban J connectivity index is 1.85. The second-order valence-corrected chi connectivity index (χ2v) is 26.0. The first-order valence-corrected chi connectivity index (χ1v) is 36.1. The topological polar surface area (TPSA) is 122 Å². The van der Waals surface area contributed by atoms with Crippen LogP contribution in [0.15, 0.2) is 0 Å². The first-order valence-electron chi connectivity index (χ1n) is 34.7. The molecule has 0 aliphatic carbocycles. The number of phosphoric acid groups is 1. The summed E-state index contributed by atoms with van der Waals surface area (Å²) in [6.07, 6.45) is 44.9. The summed E-state index contributed by atoms with van der Waals surface area (Å²) in [5.74, 6) is -0.0753. The molecule has 0 amide bonds. The SMILES string of the molecule is CCCCCCCCC(CCCCCCCC)OC(=O)CCCCCCCOP(=O)(OCCCCCCCC(=O)OC(CCCCCCCC)CCCCCCCC)OCCCN(CCN1CCNCC1)CCN1CCN(C)CC1. The Morgan fingerprint density at radius 3 is 1.12 bits per heavy atom. The number of nitrogens with zero attached hydrogens (tertiary/aromatic N) is 4. The van der Waals surface area contributed by atoms with Crippen molar-refractivity contribution >= 4 is 19.8 Å². The number of carbonyl (C=O) groups is 2. The van der Waals surface area contributed by atoms with Crippen molar-refractivity contribution in [2.45, 2.75) is 303 Å². The van der Waals surface area contributed by atoms with Gasteiger partial charge in [-0.15, -0.1) is 0 Å². The second-order valence-electron chi connectivity index (χ2n) is 24.4. The molecule has 0 bridgehead atoms.